The Balaban J connectivity index is 1.36. The Labute approximate surface area is 241 Å². The summed E-state index contributed by atoms with van der Waals surface area (Å²) in [6, 6.07) is 19.0. The molecule has 0 fully saturated rings. The lowest BCUT2D eigenvalue weighted by atomic mass is 10.0. The number of nitrogens with zero attached hydrogens (tertiary/aromatic N) is 1. The summed E-state index contributed by atoms with van der Waals surface area (Å²) in [5.41, 5.74) is 1.10. The van der Waals surface area contributed by atoms with Gasteiger partial charge in [-0.1, -0.05) is 66.0 Å². The highest BCUT2D eigenvalue weighted by Gasteiger charge is 2.21. The van der Waals surface area contributed by atoms with Gasteiger partial charge in [-0.2, -0.15) is 0 Å². The maximum atomic E-state index is 13.0. The Kier molecular flexibility index (Phi) is 10.0. The van der Waals surface area contributed by atoms with Crippen molar-refractivity contribution in [3.8, 4) is 27.8 Å². The quantitative estimate of drug-likeness (QED) is 0.0636. The number of aromatic nitrogens is 1. The van der Waals surface area contributed by atoms with Gasteiger partial charge in [0, 0.05) is 18.7 Å². The van der Waals surface area contributed by atoms with E-state index in [-0.39, 0.29) is 23.7 Å². The van der Waals surface area contributed by atoms with Crippen molar-refractivity contribution in [1.29, 1.82) is 0 Å². The average Bonchev–Trinajstić information content (AvgIpc) is 3.41. The molecule has 0 aliphatic rings. The van der Waals surface area contributed by atoms with Crippen molar-refractivity contribution in [3.05, 3.63) is 111 Å². The molecular weight excluding hydrogens is 542 g/mol. The maximum absolute atomic E-state index is 13.0. The fourth-order valence-corrected chi connectivity index (χ4v) is 4.73. The first-order valence-corrected chi connectivity index (χ1v) is 13.8. The summed E-state index contributed by atoms with van der Waals surface area (Å²) >= 11 is 1.24. The lowest BCUT2D eigenvalue weighted by Crippen LogP contribution is -2.16. The second kappa shape index (κ2) is 14.0. The molecule has 0 unspecified atom stereocenters. The Bertz CT molecular complexity index is 1620. The van der Waals surface area contributed by atoms with Gasteiger partial charge in [-0.05, 0) is 54.7 Å². The van der Waals surface area contributed by atoms with Crippen LogP contribution in [0, 0.1) is 0 Å². The van der Waals surface area contributed by atoms with Gasteiger partial charge >= 0.3 is 11.6 Å². The first-order valence-electron chi connectivity index (χ1n) is 12.9. The van der Waals surface area contributed by atoms with E-state index in [4.69, 9.17) is 9.15 Å². The fraction of sp³-hybridized carbons (Fsp3) is 0.188. The minimum atomic E-state index is -0.897. The van der Waals surface area contributed by atoms with Crippen LogP contribution in [0.4, 0.5) is 0 Å². The van der Waals surface area contributed by atoms with Gasteiger partial charge in [0.1, 0.15) is 22.8 Å². The number of unbranched alkanes of at least 4 members (excludes halogenated alkanes) is 1. The third kappa shape index (κ3) is 8.12. The summed E-state index contributed by atoms with van der Waals surface area (Å²) in [6.07, 6.45) is 8.53. The van der Waals surface area contributed by atoms with E-state index in [0.29, 0.717) is 35.1 Å². The van der Waals surface area contributed by atoms with Gasteiger partial charge in [0.2, 0.25) is 0 Å². The van der Waals surface area contributed by atoms with E-state index in [0.717, 1.165) is 11.1 Å². The van der Waals surface area contributed by atoms with E-state index < -0.39 is 22.7 Å². The molecule has 1 N–H and O–H groups in total. The number of rotatable bonds is 12. The molecule has 0 saturated carbocycles. The van der Waals surface area contributed by atoms with E-state index in [1.54, 1.807) is 25.3 Å². The number of hydrogen-bond donors (Lipinski definition) is 1. The van der Waals surface area contributed by atoms with Gasteiger partial charge in [-0.3, -0.25) is 9.59 Å². The molecule has 0 radical (unpaired) electrons. The van der Waals surface area contributed by atoms with Crippen molar-refractivity contribution in [2.75, 3.05) is 7.11 Å². The molecule has 4 rings (SSSR count). The zero-order valence-corrected chi connectivity index (χ0v) is 23.5. The van der Waals surface area contributed by atoms with Crippen LogP contribution >= 0.6 is 11.3 Å². The summed E-state index contributed by atoms with van der Waals surface area (Å²) in [4.78, 5) is 41.5. The van der Waals surface area contributed by atoms with Crippen LogP contribution in [-0.4, -0.2) is 29.0 Å². The number of hydrogen-bond acceptors (Lipinski definition) is 9. The topological polar surface area (TPSA) is 116 Å². The van der Waals surface area contributed by atoms with Gasteiger partial charge in [-0.25, -0.2) is 9.78 Å². The van der Waals surface area contributed by atoms with Crippen LogP contribution in [0.1, 0.15) is 47.2 Å². The number of esters is 1. The van der Waals surface area contributed by atoms with Gasteiger partial charge < -0.3 is 19.0 Å². The van der Waals surface area contributed by atoms with E-state index in [1.165, 1.54) is 24.5 Å². The second-order valence-corrected chi connectivity index (χ2v) is 10.1. The molecule has 0 saturated heterocycles. The molecular formula is C32H29NO7S. The number of allylic oxidation sites excluding steroid dienone is 2. The van der Waals surface area contributed by atoms with Crippen LogP contribution in [0.2, 0.25) is 0 Å². The zero-order chi connectivity index (χ0) is 29.2. The molecule has 4 aromatic rings. The number of methoxy groups -OCH3 is 1. The van der Waals surface area contributed by atoms with Gasteiger partial charge in [0.05, 0.1) is 18.4 Å². The fourth-order valence-electron chi connectivity index (χ4n) is 3.94. The number of benzene rings is 2. The molecule has 0 spiro atoms. The molecule has 9 heteroatoms. The highest BCUT2D eigenvalue weighted by atomic mass is 32.1. The number of carbonyl (C=O) groups is 2. The lowest BCUT2D eigenvalue weighted by Gasteiger charge is -2.05. The number of carbonyl (C=O) groups excluding carboxylic acids is 2. The smallest absolute Gasteiger partial charge is 0.351 e. The van der Waals surface area contributed by atoms with E-state index in [1.807, 2.05) is 60.7 Å². The highest BCUT2D eigenvalue weighted by Crippen LogP contribution is 2.30. The zero-order valence-electron chi connectivity index (χ0n) is 22.7. The molecule has 210 valence electrons. The minimum Gasteiger partial charge on any atom is -0.507 e. The van der Waals surface area contributed by atoms with Crippen molar-refractivity contribution >= 4 is 29.2 Å². The first-order chi connectivity index (χ1) is 19.8. The molecule has 41 heavy (non-hydrogen) atoms. The van der Waals surface area contributed by atoms with Crippen molar-refractivity contribution in [1.82, 2.24) is 4.98 Å². The van der Waals surface area contributed by atoms with Crippen molar-refractivity contribution in [3.63, 3.8) is 0 Å². The highest BCUT2D eigenvalue weighted by molar-refractivity contribution is 7.14. The molecule has 2 aromatic heterocycles. The molecule has 0 atom stereocenters. The number of Topliss-reactive ketones (excluding diaryl/α,β-unsaturated/α-hetero) is 1. The summed E-state index contributed by atoms with van der Waals surface area (Å²) in [5.74, 6) is -0.491. The van der Waals surface area contributed by atoms with E-state index >= 15 is 0 Å². The number of thiazole rings is 1. The monoisotopic (exact) mass is 571 g/mol. The minimum absolute atomic E-state index is 0.189. The van der Waals surface area contributed by atoms with Gasteiger partial charge in [0.15, 0.2) is 5.78 Å². The number of ketones is 1. The molecule has 0 aliphatic heterocycles. The number of aromatic hydroxyl groups is 1. The van der Waals surface area contributed by atoms with Crippen LogP contribution in [0.25, 0.3) is 17.2 Å². The Hall–Kier alpha value is -4.76. The maximum Gasteiger partial charge on any atom is 0.351 e. The molecule has 0 bridgehead atoms. The number of aryl methyl sites for hydroxylation is 1. The standard InChI is InChI=1S/C32H29NO7S/c1-21(30(36)29-27(34)19-25(39-31(29)37)12-8-3-4-9-13-28(35)38-2)18-26-20-33-32(41-26)40-24-16-14-23(15-17-24)22-10-6-5-7-11-22/h4-7,9-11,14-20,34H,3,8,12-13H2,1-2H3/b9-4+,21-18?. The van der Waals surface area contributed by atoms with Crippen molar-refractivity contribution in [2.45, 2.75) is 32.6 Å². The lowest BCUT2D eigenvalue weighted by molar-refractivity contribution is -0.139. The molecule has 0 amide bonds. The predicted molar refractivity (Wildman–Crippen MR) is 157 cm³/mol. The van der Waals surface area contributed by atoms with Crippen LogP contribution in [0.3, 0.4) is 0 Å². The Morgan fingerprint density at radius 3 is 2.49 bits per heavy atom. The Morgan fingerprint density at radius 1 is 1.05 bits per heavy atom. The predicted octanol–water partition coefficient (Wildman–Crippen LogP) is 6.99. The van der Waals surface area contributed by atoms with E-state index in [9.17, 15) is 19.5 Å². The summed E-state index contributed by atoms with van der Waals surface area (Å²) in [7, 11) is 1.33. The van der Waals surface area contributed by atoms with Crippen molar-refractivity contribution < 1.29 is 28.6 Å². The van der Waals surface area contributed by atoms with Gasteiger partial charge in [0.25, 0.3) is 5.19 Å². The summed E-state index contributed by atoms with van der Waals surface area (Å²) in [6.45, 7) is 1.55. The molecule has 2 heterocycles. The van der Waals surface area contributed by atoms with Crippen LogP contribution < -0.4 is 10.4 Å². The van der Waals surface area contributed by atoms with Crippen LogP contribution in [-0.2, 0) is 16.0 Å². The third-order valence-electron chi connectivity index (χ3n) is 6.07. The third-order valence-corrected chi connectivity index (χ3v) is 6.89. The largest absolute Gasteiger partial charge is 0.507 e. The second-order valence-electron chi connectivity index (χ2n) is 9.08. The molecule has 8 nitrogen and oxygen atoms in total. The van der Waals surface area contributed by atoms with Gasteiger partial charge in [-0.15, -0.1) is 0 Å². The molecule has 0 aliphatic carbocycles. The normalized spacial score (nSPS) is 11.5. The number of ether oxygens (including phenoxy) is 2. The molecule has 2 aromatic carbocycles. The van der Waals surface area contributed by atoms with E-state index in [2.05, 4.69) is 9.72 Å². The van der Waals surface area contributed by atoms with Crippen molar-refractivity contribution in [2.24, 2.45) is 0 Å². The first kappa shape index (κ1) is 29.2. The summed E-state index contributed by atoms with van der Waals surface area (Å²) in [5, 5.41) is 10.8. The SMILES string of the molecule is COC(=O)C/C=C/CCCc1cc(O)c(C(=O)C(C)=Cc2cnc(Oc3ccc(-c4ccccc4)cc3)s2)c(=O)o1. The van der Waals surface area contributed by atoms with Crippen LogP contribution in [0.5, 0.6) is 16.7 Å². The average molecular weight is 572 g/mol. The Morgan fingerprint density at radius 2 is 1.78 bits per heavy atom. The van der Waals surface area contributed by atoms with Crippen LogP contribution in [0.15, 0.2) is 93.8 Å². The summed E-state index contributed by atoms with van der Waals surface area (Å²) < 4.78 is 15.7.